The third-order valence-electron chi connectivity index (χ3n) is 4.43. The van der Waals surface area contributed by atoms with E-state index in [0.29, 0.717) is 0 Å². The highest BCUT2D eigenvalue weighted by Gasteiger charge is 2.31. The van der Waals surface area contributed by atoms with Crippen molar-refractivity contribution in [2.75, 3.05) is 20.2 Å². The molecule has 7 N–H and O–H groups in total. The third kappa shape index (κ3) is 15.6. The molecule has 14 nitrogen and oxygen atoms in total. The van der Waals surface area contributed by atoms with Gasteiger partial charge in [0.25, 0.3) is 0 Å². The third-order valence-corrected chi connectivity index (χ3v) is 4.43. The largest absolute Gasteiger partial charge is 0.467 e. The fourth-order valence-corrected chi connectivity index (χ4v) is 2.73. The van der Waals surface area contributed by atoms with Crippen LogP contribution in [0.15, 0.2) is 0 Å². The summed E-state index contributed by atoms with van der Waals surface area (Å²) in [5, 5.41) is 19.7. The summed E-state index contributed by atoms with van der Waals surface area (Å²) in [5.74, 6) is -2.41. The molecule has 0 saturated carbocycles. The van der Waals surface area contributed by atoms with E-state index in [1.54, 1.807) is 41.5 Å². The Morgan fingerprint density at radius 3 is 1.68 bits per heavy atom. The summed E-state index contributed by atoms with van der Waals surface area (Å²) >= 11 is 0. The molecule has 0 fully saturated rings. The topological polar surface area (TPSA) is 207 Å². The van der Waals surface area contributed by atoms with Crippen molar-refractivity contribution in [3.63, 3.8) is 0 Å². The highest BCUT2D eigenvalue weighted by Crippen LogP contribution is 2.07. The lowest BCUT2D eigenvalue weighted by Crippen LogP contribution is -2.58. The number of amides is 4. The molecule has 0 rings (SSSR count). The maximum absolute atomic E-state index is 12.8. The molecule has 0 aromatic heterocycles. The second-order valence-electron chi connectivity index (χ2n) is 10.4. The van der Waals surface area contributed by atoms with Gasteiger partial charge in [-0.2, -0.15) is 0 Å². The summed E-state index contributed by atoms with van der Waals surface area (Å²) < 4.78 is 14.9. The SMILES string of the molecule is COC(=O)[C@H](CCNC(=O)OC(C)(C)C)NC(=O)[C@@H](NC(=O)[C@@H](N)CCNC(=O)OC(C)(C)C)[C@@H](C)O. The van der Waals surface area contributed by atoms with Crippen LogP contribution in [0.4, 0.5) is 9.59 Å². The van der Waals surface area contributed by atoms with E-state index in [1.807, 2.05) is 0 Å². The second-order valence-corrected chi connectivity index (χ2v) is 10.4. The lowest BCUT2D eigenvalue weighted by Gasteiger charge is -2.25. The van der Waals surface area contributed by atoms with Crippen molar-refractivity contribution in [1.29, 1.82) is 0 Å². The quantitative estimate of drug-likeness (QED) is 0.142. The van der Waals surface area contributed by atoms with Gasteiger partial charge in [0, 0.05) is 13.1 Å². The van der Waals surface area contributed by atoms with Crippen LogP contribution in [0.2, 0.25) is 0 Å². The molecule has 0 aliphatic carbocycles. The molecular weight excluding hydrogens is 490 g/mol. The first-order valence-electron chi connectivity index (χ1n) is 11.9. The predicted molar refractivity (Wildman–Crippen MR) is 133 cm³/mol. The molecule has 0 aromatic rings. The van der Waals surface area contributed by atoms with Gasteiger partial charge in [-0.3, -0.25) is 9.59 Å². The Balaban J connectivity index is 4.96. The molecule has 0 spiro atoms. The van der Waals surface area contributed by atoms with Gasteiger partial charge in [0.15, 0.2) is 0 Å². The minimum atomic E-state index is -1.44. The lowest BCUT2D eigenvalue weighted by atomic mass is 10.1. The molecule has 0 aliphatic heterocycles. The monoisotopic (exact) mass is 533 g/mol. The van der Waals surface area contributed by atoms with Crippen molar-refractivity contribution >= 4 is 30.0 Å². The van der Waals surface area contributed by atoms with Gasteiger partial charge in [-0.25, -0.2) is 14.4 Å². The fourth-order valence-electron chi connectivity index (χ4n) is 2.73. The van der Waals surface area contributed by atoms with Crippen LogP contribution in [-0.4, -0.2) is 90.7 Å². The maximum atomic E-state index is 12.8. The Hall–Kier alpha value is -3.13. The van der Waals surface area contributed by atoms with Crippen LogP contribution in [0.25, 0.3) is 0 Å². The summed E-state index contributed by atoms with van der Waals surface area (Å²) in [7, 11) is 1.13. The van der Waals surface area contributed by atoms with Crippen molar-refractivity contribution < 1.29 is 43.3 Å². The normalized spacial score (nSPS) is 14.8. The second kappa shape index (κ2) is 15.2. The van der Waals surface area contributed by atoms with Gasteiger partial charge in [0.1, 0.15) is 23.3 Å². The van der Waals surface area contributed by atoms with Crippen LogP contribution in [-0.2, 0) is 28.6 Å². The van der Waals surface area contributed by atoms with Crippen LogP contribution in [0, 0.1) is 0 Å². The molecule has 4 atom stereocenters. The Bertz CT molecular complexity index is 790. The number of nitrogens with two attached hydrogens (primary N) is 1. The number of esters is 1. The average Bonchev–Trinajstić information content (AvgIpc) is 2.72. The number of carbonyl (C=O) groups excluding carboxylic acids is 5. The fraction of sp³-hybridized carbons (Fsp3) is 0.783. The number of alkyl carbamates (subject to hydrolysis) is 2. The van der Waals surface area contributed by atoms with E-state index in [2.05, 4.69) is 21.3 Å². The Morgan fingerprint density at radius 1 is 0.811 bits per heavy atom. The van der Waals surface area contributed by atoms with Gasteiger partial charge in [0.05, 0.1) is 19.3 Å². The van der Waals surface area contributed by atoms with E-state index in [1.165, 1.54) is 6.92 Å². The van der Waals surface area contributed by atoms with Gasteiger partial charge in [-0.15, -0.1) is 0 Å². The highest BCUT2D eigenvalue weighted by atomic mass is 16.6. The van der Waals surface area contributed by atoms with Crippen LogP contribution in [0.3, 0.4) is 0 Å². The number of aliphatic hydroxyl groups is 1. The molecule has 0 aliphatic rings. The number of aliphatic hydroxyl groups excluding tert-OH is 1. The molecular formula is C23H43N5O9. The van der Waals surface area contributed by atoms with E-state index in [4.69, 9.17) is 19.9 Å². The number of rotatable bonds is 12. The van der Waals surface area contributed by atoms with E-state index < -0.39 is 65.4 Å². The number of methoxy groups -OCH3 is 1. The van der Waals surface area contributed by atoms with Gasteiger partial charge in [-0.1, -0.05) is 0 Å². The smallest absolute Gasteiger partial charge is 0.407 e. The number of carbonyl (C=O) groups is 5. The maximum Gasteiger partial charge on any atom is 0.407 e. The zero-order valence-corrected chi connectivity index (χ0v) is 22.9. The van der Waals surface area contributed by atoms with Crippen molar-refractivity contribution in [2.45, 2.75) is 96.7 Å². The summed E-state index contributed by atoms with van der Waals surface area (Å²) in [6, 6.07) is -3.74. The minimum absolute atomic E-state index is 0.0281. The van der Waals surface area contributed by atoms with Crippen LogP contribution in [0.5, 0.6) is 0 Å². The van der Waals surface area contributed by atoms with Gasteiger partial charge in [-0.05, 0) is 61.3 Å². The Kier molecular flexibility index (Phi) is 13.9. The first kappa shape index (κ1) is 33.9. The molecule has 0 aromatic carbocycles. The molecule has 37 heavy (non-hydrogen) atoms. The lowest BCUT2D eigenvalue weighted by molar-refractivity contribution is -0.146. The zero-order valence-electron chi connectivity index (χ0n) is 22.9. The summed E-state index contributed by atoms with van der Waals surface area (Å²) in [6.45, 7) is 11.5. The molecule has 0 saturated heterocycles. The predicted octanol–water partition coefficient (Wildman–Crippen LogP) is -0.333. The van der Waals surface area contributed by atoms with E-state index in [-0.39, 0.29) is 25.9 Å². The summed E-state index contributed by atoms with van der Waals surface area (Å²) in [4.78, 5) is 60.9. The highest BCUT2D eigenvalue weighted by molar-refractivity contribution is 5.92. The standard InChI is InChI=1S/C23H43N5O9/c1-13(29)16(28-17(30)14(24)9-11-25-20(33)36-22(2,3)4)18(31)27-15(19(32)35-8)10-12-26-21(34)37-23(5,6)7/h13-16,29H,9-12,24H2,1-8H3,(H,25,33)(H,26,34)(H,27,31)(H,28,30)/t13-,14+,15+,16+/m1/s1. The van der Waals surface area contributed by atoms with Crippen molar-refractivity contribution in [3.8, 4) is 0 Å². The van der Waals surface area contributed by atoms with Crippen molar-refractivity contribution in [1.82, 2.24) is 21.3 Å². The first-order chi connectivity index (χ1) is 16.9. The molecule has 14 heteroatoms. The van der Waals surface area contributed by atoms with Gasteiger partial charge >= 0.3 is 18.2 Å². The Labute approximate surface area is 217 Å². The van der Waals surface area contributed by atoms with E-state index >= 15 is 0 Å². The van der Waals surface area contributed by atoms with E-state index in [0.717, 1.165) is 7.11 Å². The number of ether oxygens (including phenoxy) is 3. The Morgan fingerprint density at radius 2 is 1.27 bits per heavy atom. The van der Waals surface area contributed by atoms with Crippen LogP contribution in [0.1, 0.15) is 61.3 Å². The average molecular weight is 534 g/mol. The first-order valence-corrected chi connectivity index (χ1v) is 11.9. The summed E-state index contributed by atoms with van der Waals surface area (Å²) in [5.41, 5.74) is 4.45. The van der Waals surface area contributed by atoms with Gasteiger partial charge in [0.2, 0.25) is 11.8 Å². The van der Waals surface area contributed by atoms with Gasteiger partial charge < -0.3 is 46.3 Å². The zero-order chi connectivity index (χ0) is 29.0. The molecule has 0 unspecified atom stereocenters. The molecule has 0 bridgehead atoms. The number of hydrogen-bond acceptors (Lipinski definition) is 10. The van der Waals surface area contributed by atoms with Crippen molar-refractivity contribution in [2.24, 2.45) is 5.73 Å². The molecule has 0 heterocycles. The molecule has 214 valence electrons. The van der Waals surface area contributed by atoms with Crippen LogP contribution < -0.4 is 27.0 Å². The number of nitrogens with one attached hydrogen (secondary N) is 4. The van der Waals surface area contributed by atoms with E-state index in [9.17, 15) is 29.1 Å². The minimum Gasteiger partial charge on any atom is -0.467 e. The number of hydrogen-bond donors (Lipinski definition) is 6. The van der Waals surface area contributed by atoms with Crippen LogP contribution >= 0.6 is 0 Å². The van der Waals surface area contributed by atoms with Crippen molar-refractivity contribution in [3.05, 3.63) is 0 Å². The summed E-state index contributed by atoms with van der Waals surface area (Å²) in [6.07, 6.45) is -2.73. The molecule has 0 radical (unpaired) electrons. The molecule has 4 amide bonds.